The molecule has 0 saturated heterocycles. The van der Waals surface area contributed by atoms with E-state index >= 15 is 0 Å². The lowest BCUT2D eigenvalue weighted by molar-refractivity contribution is 0.385. The highest BCUT2D eigenvalue weighted by atomic mass is 35.5. The summed E-state index contributed by atoms with van der Waals surface area (Å²) in [7, 11) is 0. The molecule has 100 valence electrons. The summed E-state index contributed by atoms with van der Waals surface area (Å²) in [6, 6.07) is 5.36. The molecule has 1 aliphatic rings. The fourth-order valence-electron chi connectivity index (χ4n) is 2.63. The van der Waals surface area contributed by atoms with E-state index in [-0.39, 0.29) is 0 Å². The Morgan fingerprint density at radius 3 is 2.74 bits per heavy atom. The Morgan fingerprint density at radius 2 is 2.00 bits per heavy atom. The third-order valence-corrected chi connectivity index (χ3v) is 3.99. The Hall–Kier alpha value is -1.55. The number of benzene rings is 1. The van der Waals surface area contributed by atoms with Crippen LogP contribution in [0.2, 0.25) is 5.02 Å². The van der Waals surface area contributed by atoms with Gasteiger partial charge >= 0.3 is 0 Å². The summed E-state index contributed by atoms with van der Waals surface area (Å²) in [5.41, 5.74) is 7.13. The van der Waals surface area contributed by atoms with Gasteiger partial charge in [0.25, 0.3) is 5.89 Å². The van der Waals surface area contributed by atoms with Crippen molar-refractivity contribution in [2.45, 2.75) is 38.0 Å². The molecule has 3 rings (SSSR count). The first-order valence-electron chi connectivity index (χ1n) is 6.63. The van der Waals surface area contributed by atoms with E-state index in [2.05, 4.69) is 10.1 Å². The molecule has 2 aromatic rings. The van der Waals surface area contributed by atoms with E-state index in [4.69, 9.17) is 21.9 Å². The van der Waals surface area contributed by atoms with Gasteiger partial charge in [0.15, 0.2) is 5.82 Å². The van der Waals surface area contributed by atoms with Crippen molar-refractivity contribution in [3.63, 3.8) is 0 Å². The van der Waals surface area contributed by atoms with Gasteiger partial charge in [0.1, 0.15) is 0 Å². The first-order valence-corrected chi connectivity index (χ1v) is 7.01. The molecule has 0 radical (unpaired) electrons. The molecule has 19 heavy (non-hydrogen) atoms. The molecule has 1 fully saturated rings. The van der Waals surface area contributed by atoms with Crippen LogP contribution in [0.15, 0.2) is 22.7 Å². The van der Waals surface area contributed by atoms with Crippen molar-refractivity contribution in [3.8, 4) is 11.5 Å². The van der Waals surface area contributed by atoms with Crippen LogP contribution in [0, 0.1) is 0 Å². The van der Waals surface area contributed by atoms with Crippen molar-refractivity contribution in [3.05, 3.63) is 29.0 Å². The Labute approximate surface area is 117 Å². The number of nitrogen functional groups attached to an aromatic ring is 1. The van der Waals surface area contributed by atoms with Gasteiger partial charge in [0.05, 0.1) is 10.6 Å². The van der Waals surface area contributed by atoms with E-state index in [1.54, 1.807) is 18.2 Å². The fraction of sp³-hybridized carbons (Fsp3) is 0.429. The van der Waals surface area contributed by atoms with Crippen LogP contribution < -0.4 is 5.73 Å². The number of aromatic nitrogens is 2. The van der Waals surface area contributed by atoms with Gasteiger partial charge in [-0.15, -0.1) is 0 Å². The van der Waals surface area contributed by atoms with E-state index in [1.807, 2.05) is 0 Å². The number of nitrogens with zero attached hydrogens (tertiary/aromatic N) is 2. The van der Waals surface area contributed by atoms with Gasteiger partial charge in [-0.2, -0.15) is 4.98 Å². The molecule has 0 bridgehead atoms. The van der Waals surface area contributed by atoms with Gasteiger partial charge in [-0.25, -0.2) is 0 Å². The number of nitrogens with two attached hydrogens (primary N) is 1. The molecular weight excluding hydrogens is 262 g/mol. The Balaban J connectivity index is 1.92. The maximum atomic E-state index is 6.15. The molecule has 0 atom stereocenters. The van der Waals surface area contributed by atoms with E-state index in [9.17, 15) is 0 Å². The number of hydrogen-bond acceptors (Lipinski definition) is 4. The van der Waals surface area contributed by atoms with Gasteiger partial charge in [-0.3, -0.25) is 0 Å². The molecule has 0 spiro atoms. The maximum absolute atomic E-state index is 6.15. The third-order valence-electron chi connectivity index (χ3n) is 3.67. The van der Waals surface area contributed by atoms with E-state index in [0.717, 1.165) is 18.7 Å². The van der Waals surface area contributed by atoms with Gasteiger partial charge in [-0.05, 0) is 25.0 Å². The Morgan fingerprint density at radius 1 is 1.21 bits per heavy atom. The second kappa shape index (κ2) is 5.21. The van der Waals surface area contributed by atoms with Crippen LogP contribution in [0.3, 0.4) is 0 Å². The minimum absolute atomic E-state index is 0.412. The molecule has 0 unspecified atom stereocenters. The van der Waals surface area contributed by atoms with Crippen LogP contribution in [0.5, 0.6) is 0 Å². The smallest absolute Gasteiger partial charge is 0.261 e. The average molecular weight is 278 g/mol. The lowest BCUT2D eigenvalue weighted by Gasteiger charge is -2.17. The lowest BCUT2D eigenvalue weighted by atomic mass is 9.89. The molecular formula is C14H16ClN3O. The van der Waals surface area contributed by atoms with Crippen molar-refractivity contribution in [2.75, 3.05) is 5.73 Å². The summed E-state index contributed by atoms with van der Waals surface area (Å²) in [6.07, 6.45) is 6.05. The van der Waals surface area contributed by atoms with Gasteiger partial charge in [0, 0.05) is 11.6 Å². The Kier molecular flexibility index (Phi) is 3.42. The summed E-state index contributed by atoms with van der Waals surface area (Å²) in [5.74, 6) is 1.62. The van der Waals surface area contributed by atoms with Crippen LogP contribution in [0.25, 0.3) is 11.5 Å². The molecule has 1 aromatic carbocycles. The van der Waals surface area contributed by atoms with Gasteiger partial charge < -0.3 is 10.3 Å². The minimum atomic E-state index is 0.412. The third kappa shape index (κ3) is 2.45. The number of rotatable bonds is 2. The van der Waals surface area contributed by atoms with Gasteiger partial charge in [-0.1, -0.05) is 42.1 Å². The van der Waals surface area contributed by atoms with E-state index < -0.39 is 0 Å². The second-order valence-electron chi connectivity index (χ2n) is 5.00. The van der Waals surface area contributed by atoms with E-state index in [0.29, 0.717) is 28.1 Å². The highest BCUT2D eigenvalue weighted by Gasteiger charge is 2.22. The van der Waals surface area contributed by atoms with Crippen LogP contribution in [0.1, 0.15) is 43.8 Å². The molecule has 5 heteroatoms. The molecule has 0 amide bonds. The summed E-state index contributed by atoms with van der Waals surface area (Å²) in [4.78, 5) is 4.48. The molecule has 2 N–H and O–H groups in total. The van der Waals surface area contributed by atoms with Crippen molar-refractivity contribution < 1.29 is 4.52 Å². The van der Waals surface area contributed by atoms with E-state index in [1.165, 1.54) is 19.3 Å². The number of anilines is 1. The molecule has 1 saturated carbocycles. The molecule has 1 aromatic heterocycles. The fourth-order valence-corrected chi connectivity index (χ4v) is 2.89. The Bertz CT molecular complexity index is 556. The molecule has 1 aliphatic carbocycles. The monoisotopic (exact) mass is 277 g/mol. The van der Waals surface area contributed by atoms with Crippen LogP contribution in [-0.4, -0.2) is 10.1 Å². The zero-order valence-electron chi connectivity index (χ0n) is 10.6. The summed E-state index contributed by atoms with van der Waals surface area (Å²) >= 11 is 6.15. The van der Waals surface area contributed by atoms with Crippen molar-refractivity contribution in [1.29, 1.82) is 0 Å². The predicted octanol–water partition coefficient (Wildman–Crippen LogP) is 4.02. The number of halogens is 1. The molecule has 0 aliphatic heterocycles. The standard InChI is InChI=1S/C14H16ClN3O/c15-10-7-4-8-11(16)12(10)14-17-13(18-19-14)9-5-2-1-3-6-9/h4,7-9H,1-3,5-6,16H2. The van der Waals surface area contributed by atoms with Crippen LogP contribution in [0.4, 0.5) is 5.69 Å². The number of hydrogen-bond donors (Lipinski definition) is 1. The van der Waals surface area contributed by atoms with Crippen LogP contribution >= 0.6 is 11.6 Å². The summed E-state index contributed by atoms with van der Waals surface area (Å²) < 4.78 is 5.34. The second-order valence-corrected chi connectivity index (χ2v) is 5.40. The highest BCUT2D eigenvalue weighted by molar-refractivity contribution is 6.33. The summed E-state index contributed by atoms with van der Waals surface area (Å²) in [5, 5.41) is 4.64. The lowest BCUT2D eigenvalue weighted by Crippen LogP contribution is -2.06. The topological polar surface area (TPSA) is 64.9 Å². The average Bonchev–Trinajstić information content (AvgIpc) is 2.89. The zero-order chi connectivity index (χ0) is 13.2. The summed E-state index contributed by atoms with van der Waals surface area (Å²) in [6.45, 7) is 0. The molecule has 4 nitrogen and oxygen atoms in total. The molecule has 1 heterocycles. The normalized spacial score (nSPS) is 16.7. The maximum Gasteiger partial charge on any atom is 0.261 e. The van der Waals surface area contributed by atoms with Crippen molar-refractivity contribution >= 4 is 17.3 Å². The minimum Gasteiger partial charge on any atom is -0.398 e. The highest BCUT2D eigenvalue weighted by Crippen LogP contribution is 2.35. The van der Waals surface area contributed by atoms with Crippen LogP contribution in [-0.2, 0) is 0 Å². The predicted molar refractivity (Wildman–Crippen MR) is 75.0 cm³/mol. The first kappa shape index (κ1) is 12.5. The quantitative estimate of drug-likeness (QED) is 0.842. The largest absolute Gasteiger partial charge is 0.398 e. The zero-order valence-corrected chi connectivity index (χ0v) is 11.4. The first-order chi connectivity index (χ1) is 9.25. The SMILES string of the molecule is Nc1cccc(Cl)c1-c1nc(C2CCCCC2)no1. The van der Waals surface area contributed by atoms with Crippen molar-refractivity contribution in [1.82, 2.24) is 10.1 Å². The van der Waals surface area contributed by atoms with Crippen molar-refractivity contribution in [2.24, 2.45) is 0 Å². The van der Waals surface area contributed by atoms with Gasteiger partial charge in [0.2, 0.25) is 0 Å².